The van der Waals surface area contributed by atoms with Crippen LogP contribution in [0.5, 0.6) is 0 Å². The van der Waals surface area contributed by atoms with Crippen molar-refractivity contribution in [3.05, 3.63) is 12.4 Å². The van der Waals surface area contributed by atoms with Gasteiger partial charge in [-0.2, -0.15) is 5.10 Å². The number of nitrogens with zero attached hydrogens (tertiary/aromatic N) is 4. The third kappa shape index (κ3) is 2.80. The van der Waals surface area contributed by atoms with Crippen molar-refractivity contribution in [2.75, 3.05) is 24.5 Å². The molecule has 2 amide bonds. The Labute approximate surface area is 124 Å². The summed E-state index contributed by atoms with van der Waals surface area (Å²) in [5.74, 6) is 0.658. The number of amides is 2. The standard InChI is InChI=1S/C15H22N4O2/c1-11-3-5-18(6-4-11)15(21)12-7-14(20)19(9-12)13-8-16-17(2)10-13/h8,10-12H,3-7,9H2,1-2H3/t12-/m1/s1. The normalized spacial score (nSPS) is 23.9. The van der Waals surface area contributed by atoms with Gasteiger partial charge in [0.15, 0.2) is 0 Å². The molecule has 2 saturated heterocycles. The Bertz CT molecular complexity index is 546. The Morgan fingerprint density at radius 3 is 2.67 bits per heavy atom. The molecule has 0 radical (unpaired) electrons. The van der Waals surface area contributed by atoms with Crippen LogP contribution in [0.3, 0.4) is 0 Å². The summed E-state index contributed by atoms with van der Waals surface area (Å²) in [5.41, 5.74) is 0.782. The Balaban J connectivity index is 1.65. The quantitative estimate of drug-likeness (QED) is 0.817. The van der Waals surface area contributed by atoms with Crippen LogP contribution < -0.4 is 4.90 Å². The van der Waals surface area contributed by atoms with E-state index in [0.29, 0.717) is 18.9 Å². The smallest absolute Gasteiger partial charge is 0.228 e. The Hall–Kier alpha value is -1.85. The lowest BCUT2D eigenvalue weighted by molar-refractivity contribution is -0.137. The summed E-state index contributed by atoms with van der Waals surface area (Å²) in [6.07, 6.45) is 5.94. The lowest BCUT2D eigenvalue weighted by atomic mass is 9.97. The number of anilines is 1. The van der Waals surface area contributed by atoms with Crippen molar-refractivity contribution < 1.29 is 9.59 Å². The highest BCUT2D eigenvalue weighted by molar-refractivity contribution is 6.00. The topological polar surface area (TPSA) is 58.4 Å². The van der Waals surface area contributed by atoms with Gasteiger partial charge in [0.05, 0.1) is 17.8 Å². The molecule has 6 nitrogen and oxygen atoms in total. The van der Waals surface area contributed by atoms with Gasteiger partial charge in [-0.1, -0.05) is 6.92 Å². The molecular formula is C15H22N4O2. The number of carbonyl (C=O) groups excluding carboxylic acids is 2. The summed E-state index contributed by atoms with van der Waals surface area (Å²) in [4.78, 5) is 28.3. The maximum atomic E-state index is 12.6. The molecule has 2 aliphatic heterocycles. The van der Waals surface area contributed by atoms with Crippen LogP contribution in [0, 0.1) is 11.8 Å². The molecule has 2 fully saturated rings. The molecule has 1 atom stereocenters. The molecule has 0 saturated carbocycles. The van der Waals surface area contributed by atoms with Crippen LogP contribution in [0.4, 0.5) is 5.69 Å². The van der Waals surface area contributed by atoms with E-state index in [0.717, 1.165) is 31.6 Å². The maximum absolute atomic E-state index is 12.6. The Morgan fingerprint density at radius 2 is 2.05 bits per heavy atom. The molecule has 0 N–H and O–H groups in total. The van der Waals surface area contributed by atoms with E-state index in [4.69, 9.17) is 0 Å². The molecular weight excluding hydrogens is 268 g/mol. The number of aromatic nitrogens is 2. The van der Waals surface area contributed by atoms with Crippen molar-refractivity contribution in [3.8, 4) is 0 Å². The lowest BCUT2D eigenvalue weighted by Crippen LogP contribution is -2.42. The minimum atomic E-state index is -0.203. The molecule has 0 aromatic carbocycles. The molecule has 2 aliphatic rings. The summed E-state index contributed by atoms with van der Waals surface area (Å²) < 4.78 is 1.67. The minimum Gasteiger partial charge on any atom is -0.342 e. The van der Waals surface area contributed by atoms with Crippen molar-refractivity contribution in [3.63, 3.8) is 0 Å². The first kappa shape index (κ1) is 14.1. The molecule has 114 valence electrons. The lowest BCUT2D eigenvalue weighted by Gasteiger charge is -2.32. The number of likely N-dealkylation sites (tertiary alicyclic amines) is 1. The first-order chi connectivity index (χ1) is 10.0. The van der Waals surface area contributed by atoms with Crippen molar-refractivity contribution in [2.24, 2.45) is 18.9 Å². The summed E-state index contributed by atoms with van der Waals surface area (Å²) in [6.45, 7) is 4.37. The highest BCUT2D eigenvalue weighted by Crippen LogP contribution is 2.27. The average Bonchev–Trinajstić information content (AvgIpc) is 3.05. The predicted octanol–water partition coefficient (Wildman–Crippen LogP) is 1.03. The zero-order valence-corrected chi connectivity index (χ0v) is 12.7. The van der Waals surface area contributed by atoms with Gasteiger partial charge in [0, 0.05) is 39.3 Å². The summed E-state index contributed by atoms with van der Waals surface area (Å²) in [6, 6.07) is 0. The molecule has 6 heteroatoms. The first-order valence-electron chi connectivity index (χ1n) is 7.62. The largest absolute Gasteiger partial charge is 0.342 e. The van der Waals surface area contributed by atoms with E-state index in [1.807, 2.05) is 18.1 Å². The monoisotopic (exact) mass is 290 g/mol. The molecule has 1 aromatic rings. The third-order valence-corrected chi connectivity index (χ3v) is 4.57. The fraction of sp³-hybridized carbons (Fsp3) is 0.667. The second kappa shape index (κ2) is 5.50. The third-order valence-electron chi connectivity index (χ3n) is 4.57. The zero-order valence-electron chi connectivity index (χ0n) is 12.7. The molecule has 3 heterocycles. The van der Waals surface area contributed by atoms with Gasteiger partial charge in [0.25, 0.3) is 0 Å². The highest BCUT2D eigenvalue weighted by Gasteiger charge is 2.38. The van der Waals surface area contributed by atoms with E-state index < -0.39 is 0 Å². The molecule has 3 rings (SSSR count). The molecule has 0 spiro atoms. The minimum absolute atomic E-state index is 0.0201. The maximum Gasteiger partial charge on any atom is 0.228 e. The summed E-state index contributed by atoms with van der Waals surface area (Å²) >= 11 is 0. The van der Waals surface area contributed by atoms with Crippen molar-refractivity contribution in [1.29, 1.82) is 0 Å². The van der Waals surface area contributed by atoms with Crippen LogP contribution in [-0.2, 0) is 16.6 Å². The van der Waals surface area contributed by atoms with Gasteiger partial charge in [0.2, 0.25) is 11.8 Å². The number of hydrogen-bond acceptors (Lipinski definition) is 3. The van der Waals surface area contributed by atoms with Crippen LogP contribution in [-0.4, -0.2) is 46.1 Å². The summed E-state index contributed by atoms with van der Waals surface area (Å²) in [7, 11) is 1.82. The molecule has 21 heavy (non-hydrogen) atoms. The number of piperidine rings is 1. The fourth-order valence-corrected chi connectivity index (χ4v) is 3.16. The molecule has 0 unspecified atom stereocenters. The number of aryl methyl sites for hydroxylation is 1. The van der Waals surface area contributed by atoms with E-state index >= 15 is 0 Å². The average molecular weight is 290 g/mol. The van der Waals surface area contributed by atoms with Gasteiger partial charge in [-0.25, -0.2) is 0 Å². The van der Waals surface area contributed by atoms with Crippen LogP contribution in [0.1, 0.15) is 26.2 Å². The van der Waals surface area contributed by atoms with Gasteiger partial charge in [-0.15, -0.1) is 0 Å². The SMILES string of the molecule is CC1CCN(C(=O)[C@@H]2CC(=O)N(c3cnn(C)c3)C2)CC1. The van der Waals surface area contributed by atoms with Gasteiger partial charge in [-0.05, 0) is 18.8 Å². The molecule has 1 aromatic heterocycles. The van der Waals surface area contributed by atoms with E-state index in [9.17, 15) is 9.59 Å². The second-order valence-electron chi connectivity index (χ2n) is 6.29. The number of rotatable bonds is 2. The zero-order chi connectivity index (χ0) is 15.0. The summed E-state index contributed by atoms with van der Waals surface area (Å²) in [5, 5.41) is 4.09. The van der Waals surface area contributed by atoms with Crippen LogP contribution in [0.25, 0.3) is 0 Å². The van der Waals surface area contributed by atoms with E-state index in [2.05, 4.69) is 12.0 Å². The van der Waals surface area contributed by atoms with Crippen LogP contribution in [0.2, 0.25) is 0 Å². The van der Waals surface area contributed by atoms with Crippen LogP contribution >= 0.6 is 0 Å². The van der Waals surface area contributed by atoms with Crippen molar-refractivity contribution in [1.82, 2.24) is 14.7 Å². The first-order valence-corrected chi connectivity index (χ1v) is 7.62. The number of carbonyl (C=O) groups is 2. The van der Waals surface area contributed by atoms with Gasteiger partial charge in [-0.3, -0.25) is 14.3 Å². The fourth-order valence-electron chi connectivity index (χ4n) is 3.16. The molecule has 0 aliphatic carbocycles. The highest BCUT2D eigenvalue weighted by atomic mass is 16.2. The van der Waals surface area contributed by atoms with E-state index in [1.165, 1.54) is 0 Å². The van der Waals surface area contributed by atoms with Crippen molar-refractivity contribution >= 4 is 17.5 Å². The van der Waals surface area contributed by atoms with Crippen LogP contribution in [0.15, 0.2) is 12.4 Å². The molecule has 0 bridgehead atoms. The second-order valence-corrected chi connectivity index (χ2v) is 6.29. The van der Waals surface area contributed by atoms with Gasteiger partial charge < -0.3 is 9.80 Å². The Morgan fingerprint density at radius 1 is 1.33 bits per heavy atom. The van der Waals surface area contributed by atoms with Gasteiger partial charge in [0.1, 0.15) is 0 Å². The predicted molar refractivity (Wildman–Crippen MR) is 78.6 cm³/mol. The van der Waals surface area contributed by atoms with Gasteiger partial charge >= 0.3 is 0 Å². The van der Waals surface area contributed by atoms with E-state index in [-0.39, 0.29) is 17.7 Å². The Kier molecular flexibility index (Phi) is 3.69. The van der Waals surface area contributed by atoms with Crippen molar-refractivity contribution in [2.45, 2.75) is 26.2 Å². The van der Waals surface area contributed by atoms with E-state index in [1.54, 1.807) is 15.8 Å². The number of hydrogen-bond donors (Lipinski definition) is 0.